The maximum absolute atomic E-state index is 12.7. The lowest BCUT2D eigenvalue weighted by atomic mass is 9.96. The molecule has 12 heteroatoms. The van der Waals surface area contributed by atoms with E-state index in [1.54, 1.807) is 0 Å². The lowest BCUT2D eigenvalue weighted by Gasteiger charge is -2.13. The van der Waals surface area contributed by atoms with Gasteiger partial charge >= 0.3 is 12.4 Å². The molecule has 5 aromatic rings. The third-order valence-corrected chi connectivity index (χ3v) is 8.10. The minimum atomic E-state index is -4.75. The van der Waals surface area contributed by atoms with Crippen LogP contribution in [0.15, 0.2) is 83.4 Å². The lowest BCUT2D eigenvalue weighted by molar-refractivity contribution is -0.274. The van der Waals surface area contributed by atoms with E-state index in [9.17, 15) is 18.0 Å². The van der Waals surface area contributed by atoms with E-state index in [4.69, 9.17) is 0 Å². The van der Waals surface area contributed by atoms with Crippen molar-refractivity contribution in [1.29, 1.82) is 0 Å². The first kappa shape index (κ1) is 30.7. The van der Waals surface area contributed by atoms with E-state index in [1.165, 1.54) is 46.6 Å². The zero-order valence-electron chi connectivity index (χ0n) is 24.6. The Morgan fingerprint density at radius 2 is 1.70 bits per heavy atom. The maximum Gasteiger partial charge on any atom is 0.573 e. The molecule has 1 N–H and O–H groups in total. The number of para-hydroxylation sites is 1. The Hall–Kier alpha value is -4.71. The van der Waals surface area contributed by atoms with Crippen molar-refractivity contribution < 1.29 is 22.7 Å². The van der Waals surface area contributed by atoms with E-state index in [0.29, 0.717) is 22.9 Å². The highest BCUT2D eigenvalue weighted by Crippen LogP contribution is 2.25. The molecule has 0 aliphatic heterocycles. The van der Waals surface area contributed by atoms with Crippen LogP contribution in [0, 0.1) is 20.8 Å². The summed E-state index contributed by atoms with van der Waals surface area (Å²) in [6.45, 7) is 8.67. The molecule has 0 spiro atoms. The number of urea groups is 1. The van der Waals surface area contributed by atoms with Crippen LogP contribution in [-0.2, 0) is 0 Å². The van der Waals surface area contributed by atoms with Crippen molar-refractivity contribution in [3.05, 3.63) is 106 Å². The number of halogens is 3. The number of thiazole rings is 1. The van der Waals surface area contributed by atoms with Crippen molar-refractivity contribution in [3.63, 3.8) is 0 Å². The Morgan fingerprint density at radius 1 is 1.02 bits per heavy atom. The molecule has 2 heterocycles. The van der Waals surface area contributed by atoms with E-state index >= 15 is 0 Å². The van der Waals surface area contributed by atoms with Crippen LogP contribution in [-0.4, -0.2) is 38.3 Å². The highest BCUT2D eigenvalue weighted by molar-refractivity contribution is 7.07. The molecule has 1 atom stereocenters. The van der Waals surface area contributed by atoms with Crippen molar-refractivity contribution in [2.75, 3.05) is 6.54 Å². The number of carbonyl (C=O) groups is 1. The van der Waals surface area contributed by atoms with Gasteiger partial charge in [-0.3, -0.25) is 4.57 Å². The van der Waals surface area contributed by atoms with Crippen LogP contribution in [0.2, 0.25) is 0 Å². The Morgan fingerprint density at radius 3 is 2.36 bits per heavy atom. The second-order valence-corrected chi connectivity index (χ2v) is 11.3. The van der Waals surface area contributed by atoms with E-state index in [2.05, 4.69) is 58.0 Å². The number of benzene rings is 3. The van der Waals surface area contributed by atoms with Crippen LogP contribution in [0.3, 0.4) is 0 Å². The Bertz CT molecular complexity index is 1800. The zero-order valence-corrected chi connectivity index (χ0v) is 25.4. The van der Waals surface area contributed by atoms with Gasteiger partial charge in [0.1, 0.15) is 12.1 Å². The molecule has 3 aromatic carbocycles. The van der Waals surface area contributed by atoms with Crippen molar-refractivity contribution in [2.24, 2.45) is 4.99 Å². The fourth-order valence-electron chi connectivity index (χ4n) is 4.87. The molecule has 0 saturated heterocycles. The fraction of sp³-hybridized carbons (Fsp3) is 0.250. The number of alkyl halides is 3. The average Bonchev–Trinajstić information content (AvgIpc) is 3.60. The molecule has 0 radical (unpaired) electrons. The number of hydrogen-bond donors (Lipinski definition) is 1. The van der Waals surface area contributed by atoms with Crippen molar-refractivity contribution in [1.82, 2.24) is 24.6 Å². The van der Waals surface area contributed by atoms with Gasteiger partial charge in [-0.2, -0.15) is 4.99 Å². The third-order valence-electron chi connectivity index (χ3n) is 7.16. The quantitative estimate of drug-likeness (QED) is 0.196. The third kappa shape index (κ3) is 7.25. The highest BCUT2D eigenvalue weighted by Gasteiger charge is 2.31. The molecule has 0 aliphatic carbocycles. The van der Waals surface area contributed by atoms with Gasteiger partial charge in [-0.1, -0.05) is 49.4 Å². The number of nitrogens with one attached hydrogen (secondary N) is 1. The Labute approximate surface area is 256 Å². The van der Waals surface area contributed by atoms with Gasteiger partial charge in [0.25, 0.3) is 0 Å². The molecule has 1 unspecified atom stereocenters. The lowest BCUT2D eigenvalue weighted by Crippen LogP contribution is -2.26. The Kier molecular flexibility index (Phi) is 9.00. The summed E-state index contributed by atoms with van der Waals surface area (Å²) in [5.74, 6) is 0.352. The number of hydrogen-bond acceptors (Lipinski definition) is 5. The predicted octanol–water partition coefficient (Wildman–Crippen LogP) is 7.41. The first-order valence-electron chi connectivity index (χ1n) is 13.9. The summed E-state index contributed by atoms with van der Waals surface area (Å²) < 4.78 is 44.7. The summed E-state index contributed by atoms with van der Waals surface area (Å²) in [5, 5.41) is 9.37. The summed E-state index contributed by atoms with van der Waals surface area (Å²) in [6, 6.07) is 19.0. The van der Waals surface area contributed by atoms with Crippen LogP contribution < -0.4 is 14.9 Å². The van der Waals surface area contributed by atoms with Crippen molar-refractivity contribution in [2.45, 2.75) is 46.4 Å². The summed E-state index contributed by atoms with van der Waals surface area (Å²) in [6.07, 6.45) is -2.52. The second kappa shape index (κ2) is 12.9. The minimum absolute atomic E-state index is 0.177. The van der Waals surface area contributed by atoms with Gasteiger partial charge in [-0.25, -0.2) is 14.5 Å². The molecule has 44 heavy (non-hydrogen) atoms. The van der Waals surface area contributed by atoms with E-state index in [1.807, 2.05) is 47.2 Å². The number of rotatable bonds is 8. The summed E-state index contributed by atoms with van der Waals surface area (Å²) in [5.41, 5.74) is 6.74. The summed E-state index contributed by atoms with van der Waals surface area (Å²) >= 11 is 1.44. The van der Waals surface area contributed by atoms with E-state index in [0.717, 1.165) is 40.1 Å². The predicted molar refractivity (Wildman–Crippen MR) is 163 cm³/mol. The fourth-order valence-corrected chi connectivity index (χ4v) is 5.73. The SMILES string of the molecule is Cc1cccc(C)c1-n1c(C)csc1=NC(=O)NCCC(C)c1ccc(-c2ncn(-c3ccc(OC(F)(F)F)cc3)n2)cc1. The van der Waals surface area contributed by atoms with Gasteiger partial charge in [0.05, 0.1) is 11.4 Å². The normalized spacial score (nSPS) is 12.8. The van der Waals surface area contributed by atoms with Crippen LogP contribution in [0.4, 0.5) is 18.0 Å². The van der Waals surface area contributed by atoms with Gasteiger partial charge in [-0.15, -0.1) is 29.6 Å². The molecule has 0 fully saturated rings. The topological polar surface area (TPSA) is 86.3 Å². The number of carbonyl (C=O) groups excluding carboxylic acids is 1. The monoisotopic (exact) mass is 620 g/mol. The number of amides is 2. The molecular weight excluding hydrogens is 589 g/mol. The van der Waals surface area contributed by atoms with Crippen LogP contribution in [0.1, 0.15) is 41.6 Å². The van der Waals surface area contributed by atoms with Crippen molar-refractivity contribution >= 4 is 17.4 Å². The molecular formula is C32H31F3N6O2S. The van der Waals surface area contributed by atoms with Crippen LogP contribution in [0.5, 0.6) is 5.75 Å². The largest absolute Gasteiger partial charge is 0.573 e. The zero-order chi connectivity index (χ0) is 31.4. The van der Waals surface area contributed by atoms with Crippen LogP contribution in [0.25, 0.3) is 22.8 Å². The molecule has 0 bridgehead atoms. The summed E-state index contributed by atoms with van der Waals surface area (Å²) in [4.78, 5) is 22.0. The minimum Gasteiger partial charge on any atom is -0.406 e. The molecule has 2 aromatic heterocycles. The van der Waals surface area contributed by atoms with E-state index < -0.39 is 6.36 Å². The molecule has 0 aliphatic rings. The summed E-state index contributed by atoms with van der Waals surface area (Å²) in [7, 11) is 0. The van der Waals surface area contributed by atoms with Gasteiger partial charge in [0, 0.05) is 23.2 Å². The maximum atomic E-state index is 12.7. The molecule has 8 nitrogen and oxygen atoms in total. The highest BCUT2D eigenvalue weighted by atomic mass is 32.1. The Balaban J connectivity index is 1.18. The molecule has 2 amide bonds. The van der Waals surface area contributed by atoms with Gasteiger partial charge < -0.3 is 10.1 Å². The van der Waals surface area contributed by atoms with Crippen molar-refractivity contribution in [3.8, 4) is 28.5 Å². The molecule has 0 saturated carbocycles. The van der Waals surface area contributed by atoms with E-state index in [-0.39, 0.29) is 17.7 Å². The van der Waals surface area contributed by atoms with Gasteiger partial charge in [0.2, 0.25) is 0 Å². The number of ether oxygens (including phenoxy) is 1. The van der Waals surface area contributed by atoms with Crippen LogP contribution >= 0.6 is 11.3 Å². The average molecular weight is 621 g/mol. The van der Waals surface area contributed by atoms with Gasteiger partial charge in [-0.05, 0) is 74.1 Å². The number of nitrogens with zero attached hydrogens (tertiary/aromatic N) is 5. The number of aromatic nitrogens is 4. The molecule has 5 rings (SSSR count). The number of aryl methyl sites for hydroxylation is 3. The smallest absolute Gasteiger partial charge is 0.406 e. The standard InChI is InChI=1S/C32H31F3N6O2S/c1-20(16-17-36-30(42)38-31-41(23(4)18-44-31)28-21(2)6-5-7-22(28)3)24-8-10-25(11-9-24)29-37-19-40(39-29)26-12-14-27(15-13-26)43-32(33,34)35/h5-15,18-20H,16-17H2,1-4H3,(H,36,42). The molecule has 228 valence electrons. The first-order chi connectivity index (χ1) is 21.0. The first-order valence-corrected chi connectivity index (χ1v) is 14.8. The van der Waals surface area contributed by atoms with Gasteiger partial charge in [0.15, 0.2) is 10.6 Å². The second-order valence-electron chi connectivity index (χ2n) is 10.4.